The van der Waals surface area contributed by atoms with Gasteiger partial charge in [-0.3, -0.25) is 4.79 Å². The molecule has 18 heavy (non-hydrogen) atoms. The number of hydrogen-bond donors (Lipinski definition) is 1. The molecule has 1 unspecified atom stereocenters. The second-order valence-corrected chi connectivity index (χ2v) is 4.86. The summed E-state index contributed by atoms with van der Waals surface area (Å²) in [4.78, 5) is 22.2. The van der Waals surface area contributed by atoms with E-state index in [0.29, 0.717) is 0 Å². The van der Waals surface area contributed by atoms with E-state index in [1.165, 1.54) is 0 Å². The highest BCUT2D eigenvalue weighted by Crippen LogP contribution is 2.08. The zero-order valence-electron chi connectivity index (χ0n) is 11.2. The largest absolute Gasteiger partial charge is 0.344 e. The van der Waals surface area contributed by atoms with Gasteiger partial charge in [0.25, 0.3) is 0 Å². The molecular weight excluding hydrogens is 228 g/mol. The van der Waals surface area contributed by atoms with Crippen molar-refractivity contribution in [3.8, 4) is 0 Å². The van der Waals surface area contributed by atoms with E-state index in [9.17, 15) is 4.79 Å². The van der Waals surface area contributed by atoms with Crippen LogP contribution in [0.25, 0.3) is 0 Å². The van der Waals surface area contributed by atoms with Crippen LogP contribution in [-0.2, 0) is 11.2 Å². The van der Waals surface area contributed by atoms with Crippen molar-refractivity contribution in [1.29, 1.82) is 0 Å². The highest BCUT2D eigenvalue weighted by Gasteiger charge is 2.27. The van der Waals surface area contributed by atoms with Crippen molar-refractivity contribution in [3.05, 3.63) is 23.3 Å². The third-order valence-electron chi connectivity index (χ3n) is 3.44. The molecule has 2 heterocycles. The molecule has 5 heteroatoms. The number of amides is 1. The molecule has 1 aliphatic rings. The fraction of sp³-hybridized carbons (Fsp3) is 0.615. The van der Waals surface area contributed by atoms with Crippen LogP contribution < -0.4 is 5.32 Å². The van der Waals surface area contributed by atoms with Crippen molar-refractivity contribution >= 4 is 5.91 Å². The van der Waals surface area contributed by atoms with Crippen molar-refractivity contribution in [1.82, 2.24) is 20.2 Å². The topological polar surface area (TPSA) is 58.1 Å². The van der Waals surface area contributed by atoms with Gasteiger partial charge in [0, 0.05) is 38.4 Å². The standard InChI is InChI=1S/C13H20N4O/c1-9-8-15-12(16-10(9)2)4-6-14-11-5-7-17(3)13(11)18/h8,11,14H,4-7H2,1-3H3. The smallest absolute Gasteiger partial charge is 0.239 e. The molecule has 5 nitrogen and oxygen atoms in total. The van der Waals surface area contributed by atoms with Crippen LogP contribution in [-0.4, -0.2) is 47.0 Å². The number of carbonyl (C=O) groups is 1. The second-order valence-electron chi connectivity index (χ2n) is 4.86. The third kappa shape index (κ3) is 2.85. The van der Waals surface area contributed by atoms with Crippen LogP contribution in [0.5, 0.6) is 0 Å². The number of nitrogens with one attached hydrogen (secondary N) is 1. The molecule has 1 N–H and O–H groups in total. The molecule has 1 saturated heterocycles. The Kier molecular flexibility index (Phi) is 3.91. The van der Waals surface area contributed by atoms with E-state index >= 15 is 0 Å². The molecular formula is C13H20N4O. The van der Waals surface area contributed by atoms with E-state index in [2.05, 4.69) is 15.3 Å². The maximum atomic E-state index is 11.7. The van der Waals surface area contributed by atoms with Crippen LogP contribution in [0.15, 0.2) is 6.20 Å². The first-order chi connectivity index (χ1) is 8.58. The molecule has 1 aromatic rings. The fourth-order valence-corrected chi connectivity index (χ4v) is 2.07. The number of aryl methyl sites for hydroxylation is 2. The van der Waals surface area contributed by atoms with Gasteiger partial charge in [-0.05, 0) is 25.8 Å². The Morgan fingerprint density at radius 2 is 2.28 bits per heavy atom. The maximum Gasteiger partial charge on any atom is 0.239 e. The van der Waals surface area contributed by atoms with Crippen molar-refractivity contribution in [3.63, 3.8) is 0 Å². The Bertz CT molecular complexity index is 447. The number of likely N-dealkylation sites (N-methyl/N-ethyl adjacent to an activating group) is 1. The SMILES string of the molecule is Cc1cnc(CCNC2CCN(C)C2=O)nc1C. The summed E-state index contributed by atoms with van der Waals surface area (Å²) < 4.78 is 0. The van der Waals surface area contributed by atoms with Crippen LogP contribution in [0.2, 0.25) is 0 Å². The third-order valence-corrected chi connectivity index (χ3v) is 3.44. The minimum absolute atomic E-state index is 0.0263. The average molecular weight is 248 g/mol. The van der Waals surface area contributed by atoms with E-state index < -0.39 is 0 Å². The van der Waals surface area contributed by atoms with Crippen LogP contribution in [0, 0.1) is 13.8 Å². The van der Waals surface area contributed by atoms with Gasteiger partial charge in [-0.1, -0.05) is 0 Å². The molecule has 1 atom stereocenters. The Morgan fingerprint density at radius 1 is 1.50 bits per heavy atom. The second kappa shape index (κ2) is 5.44. The first-order valence-electron chi connectivity index (χ1n) is 6.35. The van der Waals surface area contributed by atoms with Crippen molar-refractivity contribution in [2.24, 2.45) is 0 Å². The molecule has 0 bridgehead atoms. The number of hydrogen-bond acceptors (Lipinski definition) is 4. The van der Waals surface area contributed by atoms with Crippen molar-refractivity contribution in [2.75, 3.05) is 20.1 Å². The van der Waals surface area contributed by atoms with Crippen LogP contribution in [0.4, 0.5) is 0 Å². The number of likely N-dealkylation sites (tertiary alicyclic amines) is 1. The lowest BCUT2D eigenvalue weighted by molar-refractivity contribution is -0.128. The summed E-state index contributed by atoms with van der Waals surface area (Å²) in [5.41, 5.74) is 2.14. The van der Waals surface area contributed by atoms with Gasteiger partial charge in [-0.25, -0.2) is 9.97 Å². The Morgan fingerprint density at radius 3 is 2.89 bits per heavy atom. The lowest BCUT2D eigenvalue weighted by Crippen LogP contribution is -2.38. The summed E-state index contributed by atoms with van der Waals surface area (Å²) in [6.07, 6.45) is 3.50. The number of rotatable bonds is 4. The zero-order valence-corrected chi connectivity index (χ0v) is 11.2. The normalized spacial score (nSPS) is 19.6. The highest BCUT2D eigenvalue weighted by molar-refractivity contribution is 5.83. The summed E-state index contributed by atoms with van der Waals surface area (Å²) in [6, 6.07) is -0.0263. The molecule has 1 aromatic heterocycles. The quantitative estimate of drug-likeness (QED) is 0.841. The molecule has 2 rings (SSSR count). The highest BCUT2D eigenvalue weighted by atomic mass is 16.2. The van der Waals surface area contributed by atoms with Crippen molar-refractivity contribution in [2.45, 2.75) is 32.7 Å². The van der Waals surface area contributed by atoms with E-state index in [0.717, 1.165) is 43.0 Å². The molecule has 0 aromatic carbocycles. The average Bonchev–Trinajstić information content (AvgIpc) is 2.66. The maximum absolute atomic E-state index is 11.7. The molecule has 0 saturated carbocycles. The lowest BCUT2D eigenvalue weighted by Gasteiger charge is -2.11. The molecule has 0 spiro atoms. The summed E-state index contributed by atoms with van der Waals surface area (Å²) in [7, 11) is 1.84. The van der Waals surface area contributed by atoms with E-state index in [1.54, 1.807) is 4.90 Å². The molecule has 1 aliphatic heterocycles. The molecule has 1 amide bonds. The number of carbonyl (C=O) groups excluding carboxylic acids is 1. The Hall–Kier alpha value is -1.49. The summed E-state index contributed by atoms with van der Waals surface area (Å²) >= 11 is 0. The van der Waals surface area contributed by atoms with Crippen LogP contribution in [0.3, 0.4) is 0 Å². The van der Waals surface area contributed by atoms with Gasteiger partial charge in [-0.2, -0.15) is 0 Å². The van der Waals surface area contributed by atoms with Gasteiger partial charge < -0.3 is 10.2 Å². The van der Waals surface area contributed by atoms with E-state index in [1.807, 2.05) is 27.1 Å². The first kappa shape index (κ1) is 13.0. The zero-order chi connectivity index (χ0) is 13.1. The van der Waals surface area contributed by atoms with Gasteiger partial charge in [0.2, 0.25) is 5.91 Å². The first-order valence-corrected chi connectivity index (χ1v) is 6.35. The van der Waals surface area contributed by atoms with Gasteiger partial charge in [-0.15, -0.1) is 0 Å². The monoisotopic (exact) mass is 248 g/mol. The van der Waals surface area contributed by atoms with E-state index in [4.69, 9.17) is 0 Å². The molecule has 1 fully saturated rings. The van der Waals surface area contributed by atoms with Gasteiger partial charge in [0.05, 0.1) is 6.04 Å². The van der Waals surface area contributed by atoms with E-state index in [-0.39, 0.29) is 11.9 Å². The molecule has 98 valence electrons. The predicted octanol–water partition coefficient (Wildman–Crippen LogP) is 0.456. The molecule has 0 aliphatic carbocycles. The number of aromatic nitrogens is 2. The minimum Gasteiger partial charge on any atom is -0.344 e. The van der Waals surface area contributed by atoms with Gasteiger partial charge in [0.15, 0.2) is 0 Å². The summed E-state index contributed by atoms with van der Waals surface area (Å²) in [5, 5.41) is 3.27. The Balaban J connectivity index is 1.82. The van der Waals surface area contributed by atoms with Crippen molar-refractivity contribution < 1.29 is 4.79 Å². The van der Waals surface area contributed by atoms with Crippen LogP contribution in [0.1, 0.15) is 23.5 Å². The minimum atomic E-state index is -0.0263. The summed E-state index contributed by atoms with van der Waals surface area (Å²) in [6.45, 7) is 5.58. The Labute approximate surface area is 108 Å². The fourth-order valence-electron chi connectivity index (χ4n) is 2.07. The number of nitrogens with zero attached hydrogens (tertiary/aromatic N) is 3. The van der Waals surface area contributed by atoms with Gasteiger partial charge in [0.1, 0.15) is 5.82 Å². The predicted molar refractivity (Wildman–Crippen MR) is 69.3 cm³/mol. The van der Waals surface area contributed by atoms with Crippen LogP contribution >= 0.6 is 0 Å². The lowest BCUT2D eigenvalue weighted by atomic mass is 10.2. The molecule has 0 radical (unpaired) electrons. The summed E-state index contributed by atoms with van der Waals surface area (Å²) in [5.74, 6) is 1.03. The van der Waals surface area contributed by atoms with Gasteiger partial charge >= 0.3 is 0 Å².